The van der Waals surface area contributed by atoms with E-state index in [1.807, 2.05) is 35.7 Å². The second kappa shape index (κ2) is 9.16. The highest BCUT2D eigenvalue weighted by Gasteiger charge is 2.21. The van der Waals surface area contributed by atoms with E-state index in [1.54, 1.807) is 0 Å². The van der Waals surface area contributed by atoms with E-state index in [9.17, 15) is 18.0 Å². The SMILES string of the molecule is CNS(=O)(=O)c1cccc(C(=O)O[C@H](C)C(=O)Nc2nc(-c3ccccc3)cs2)c1. The Kier molecular flexibility index (Phi) is 6.60. The van der Waals surface area contributed by atoms with Crippen LogP contribution in [0.25, 0.3) is 11.3 Å². The number of hydrogen-bond donors (Lipinski definition) is 2. The van der Waals surface area contributed by atoms with Gasteiger partial charge >= 0.3 is 5.97 Å². The first kappa shape index (κ1) is 21.6. The van der Waals surface area contributed by atoms with Gasteiger partial charge in [0.15, 0.2) is 11.2 Å². The Bertz CT molecular complexity index is 1160. The minimum atomic E-state index is -3.70. The van der Waals surface area contributed by atoms with Gasteiger partial charge in [0, 0.05) is 10.9 Å². The Morgan fingerprint density at radius 2 is 1.83 bits per heavy atom. The summed E-state index contributed by atoms with van der Waals surface area (Å²) in [7, 11) is -2.43. The van der Waals surface area contributed by atoms with E-state index >= 15 is 0 Å². The molecule has 0 aliphatic rings. The monoisotopic (exact) mass is 445 g/mol. The molecule has 0 fully saturated rings. The van der Waals surface area contributed by atoms with Crippen LogP contribution in [0.2, 0.25) is 0 Å². The maximum atomic E-state index is 12.4. The molecule has 1 aromatic heterocycles. The molecule has 0 radical (unpaired) electrons. The Labute approximate surface area is 178 Å². The predicted molar refractivity (Wildman–Crippen MR) is 114 cm³/mol. The number of benzene rings is 2. The molecule has 1 atom stereocenters. The molecule has 3 rings (SSSR count). The fraction of sp³-hybridized carbons (Fsp3) is 0.150. The summed E-state index contributed by atoms with van der Waals surface area (Å²) in [6.07, 6.45) is -1.11. The lowest BCUT2D eigenvalue weighted by Crippen LogP contribution is -2.30. The first-order valence-electron chi connectivity index (χ1n) is 8.86. The van der Waals surface area contributed by atoms with Crippen LogP contribution in [0, 0.1) is 0 Å². The van der Waals surface area contributed by atoms with E-state index in [4.69, 9.17) is 4.74 Å². The molecule has 8 nitrogen and oxygen atoms in total. The second-order valence-corrected chi connectivity index (χ2v) is 8.92. The van der Waals surface area contributed by atoms with Crippen molar-refractivity contribution in [1.82, 2.24) is 9.71 Å². The van der Waals surface area contributed by atoms with Gasteiger partial charge in [0.2, 0.25) is 10.0 Å². The van der Waals surface area contributed by atoms with E-state index in [0.29, 0.717) is 5.13 Å². The number of nitrogens with one attached hydrogen (secondary N) is 2. The molecular formula is C20H19N3O5S2. The number of nitrogens with zero attached hydrogens (tertiary/aromatic N) is 1. The molecule has 0 aliphatic carbocycles. The highest BCUT2D eigenvalue weighted by Crippen LogP contribution is 2.24. The summed E-state index contributed by atoms with van der Waals surface area (Å²) in [5.74, 6) is -1.36. The lowest BCUT2D eigenvalue weighted by Gasteiger charge is -2.13. The molecule has 10 heteroatoms. The van der Waals surface area contributed by atoms with E-state index < -0.39 is 28.0 Å². The molecule has 0 saturated carbocycles. The lowest BCUT2D eigenvalue weighted by atomic mass is 10.2. The standard InChI is InChI=1S/C20H19N3O5S2/c1-13(28-19(25)15-9-6-10-16(11-15)30(26,27)21-2)18(24)23-20-22-17(12-29-20)14-7-4-3-5-8-14/h3-13,21H,1-2H3,(H,22,23,24)/t13-/m1/s1. The van der Waals surface area contributed by atoms with Crippen molar-refractivity contribution in [3.8, 4) is 11.3 Å². The van der Waals surface area contributed by atoms with Crippen LogP contribution in [0.1, 0.15) is 17.3 Å². The quantitative estimate of drug-likeness (QED) is 0.541. The third kappa shape index (κ3) is 5.09. The molecule has 0 spiro atoms. The summed E-state index contributed by atoms with van der Waals surface area (Å²) in [5, 5.41) is 4.81. The first-order valence-corrected chi connectivity index (χ1v) is 11.2. The van der Waals surface area contributed by atoms with Gasteiger partial charge in [0.1, 0.15) is 0 Å². The number of carbonyl (C=O) groups excluding carboxylic acids is 2. The van der Waals surface area contributed by atoms with Gasteiger partial charge < -0.3 is 4.74 Å². The Hall–Kier alpha value is -3.08. The van der Waals surface area contributed by atoms with Crippen molar-refractivity contribution in [2.45, 2.75) is 17.9 Å². The van der Waals surface area contributed by atoms with Gasteiger partial charge in [0.25, 0.3) is 5.91 Å². The zero-order chi connectivity index (χ0) is 21.7. The van der Waals surface area contributed by atoms with E-state index in [-0.39, 0.29) is 10.5 Å². The number of thiazole rings is 1. The highest BCUT2D eigenvalue weighted by atomic mass is 32.2. The number of rotatable bonds is 7. The fourth-order valence-corrected chi connectivity index (χ4v) is 3.97. The molecule has 0 bridgehead atoms. The summed E-state index contributed by atoms with van der Waals surface area (Å²) in [6, 6.07) is 14.9. The van der Waals surface area contributed by atoms with Crippen molar-refractivity contribution in [2.24, 2.45) is 0 Å². The predicted octanol–water partition coefficient (Wildman–Crippen LogP) is 2.90. The molecule has 3 aromatic rings. The van der Waals surface area contributed by atoms with Gasteiger partial charge in [-0.15, -0.1) is 11.3 Å². The van der Waals surface area contributed by atoms with Gasteiger partial charge in [-0.05, 0) is 32.2 Å². The number of amides is 1. The summed E-state index contributed by atoms with van der Waals surface area (Å²) >= 11 is 1.26. The molecule has 30 heavy (non-hydrogen) atoms. The number of sulfonamides is 1. The number of esters is 1. The van der Waals surface area contributed by atoms with Gasteiger partial charge in [-0.2, -0.15) is 0 Å². The first-order chi connectivity index (χ1) is 14.3. The number of carbonyl (C=O) groups is 2. The third-order valence-electron chi connectivity index (χ3n) is 4.11. The molecule has 0 aliphatic heterocycles. The van der Waals surface area contributed by atoms with E-state index in [1.165, 1.54) is 49.6 Å². The van der Waals surface area contributed by atoms with Crippen LogP contribution in [0.4, 0.5) is 5.13 Å². The average molecular weight is 446 g/mol. The second-order valence-electron chi connectivity index (χ2n) is 6.18. The smallest absolute Gasteiger partial charge is 0.338 e. The van der Waals surface area contributed by atoms with Crippen molar-refractivity contribution in [2.75, 3.05) is 12.4 Å². The molecule has 2 N–H and O–H groups in total. The molecule has 0 unspecified atom stereocenters. The number of anilines is 1. The van der Waals surface area contributed by atoms with Crippen LogP contribution < -0.4 is 10.0 Å². The minimum Gasteiger partial charge on any atom is -0.449 e. The van der Waals surface area contributed by atoms with Gasteiger partial charge in [-0.3, -0.25) is 10.1 Å². The lowest BCUT2D eigenvalue weighted by molar-refractivity contribution is -0.123. The van der Waals surface area contributed by atoms with Crippen LogP contribution in [-0.4, -0.2) is 38.4 Å². The number of aromatic nitrogens is 1. The Morgan fingerprint density at radius 1 is 1.10 bits per heavy atom. The van der Waals surface area contributed by atoms with Gasteiger partial charge in [0.05, 0.1) is 16.2 Å². The number of hydrogen-bond acceptors (Lipinski definition) is 7. The maximum absolute atomic E-state index is 12.4. The normalized spacial score (nSPS) is 12.2. The van der Waals surface area contributed by atoms with Crippen LogP contribution in [-0.2, 0) is 19.6 Å². The molecule has 0 saturated heterocycles. The van der Waals surface area contributed by atoms with Crippen LogP contribution in [0.5, 0.6) is 0 Å². The van der Waals surface area contributed by atoms with Gasteiger partial charge in [-0.25, -0.2) is 22.9 Å². The zero-order valence-corrected chi connectivity index (χ0v) is 17.8. The molecule has 156 valence electrons. The van der Waals surface area contributed by atoms with Crippen molar-refractivity contribution in [3.05, 3.63) is 65.5 Å². The van der Waals surface area contributed by atoms with E-state index in [0.717, 1.165) is 11.3 Å². The molecular weight excluding hydrogens is 426 g/mol. The van der Waals surface area contributed by atoms with Gasteiger partial charge in [-0.1, -0.05) is 36.4 Å². The zero-order valence-electron chi connectivity index (χ0n) is 16.2. The summed E-state index contributed by atoms with van der Waals surface area (Å²) in [6.45, 7) is 1.42. The van der Waals surface area contributed by atoms with Crippen LogP contribution in [0.3, 0.4) is 0 Å². The van der Waals surface area contributed by atoms with Crippen molar-refractivity contribution in [1.29, 1.82) is 0 Å². The summed E-state index contributed by atoms with van der Waals surface area (Å²) in [4.78, 5) is 29.0. The minimum absolute atomic E-state index is 0.0200. The largest absolute Gasteiger partial charge is 0.449 e. The van der Waals surface area contributed by atoms with Crippen LogP contribution >= 0.6 is 11.3 Å². The van der Waals surface area contributed by atoms with Crippen molar-refractivity contribution < 1.29 is 22.7 Å². The fourth-order valence-electron chi connectivity index (χ4n) is 2.47. The van der Waals surface area contributed by atoms with E-state index in [2.05, 4.69) is 15.0 Å². The maximum Gasteiger partial charge on any atom is 0.338 e. The number of ether oxygens (including phenoxy) is 1. The Morgan fingerprint density at radius 3 is 2.53 bits per heavy atom. The molecule has 2 aromatic carbocycles. The van der Waals surface area contributed by atoms with Crippen molar-refractivity contribution >= 4 is 38.4 Å². The molecule has 1 amide bonds. The van der Waals surface area contributed by atoms with Crippen LogP contribution in [0.15, 0.2) is 64.9 Å². The highest BCUT2D eigenvalue weighted by molar-refractivity contribution is 7.89. The average Bonchev–Trinajstić information content (AvgIpc) is 3.22. The topological polar surface area (TPSA) is 114 Å². The summed E-state index contributed by atoms with van der Waals surface area (Å²) < 4.78 is 31.1. The summed E-state index contributed by atoms with van der Waals surface area (Å²) in [5.41, 5.74) is 1.67. The Balaban J connectivity index is 1.64. The third-order valence-corrected chi connectivity index (χ3v) is 6.28. The van der Waals surface area contributed by atoms with Crippen molar-refractivity contribution in [3.63, 3.8) is 0 Å². The molecule has 1 heterocycles.